The fourth-order valence-corrected chi connectivity index (χ4v) is 4.43. The summed E-state index contributed by atoms with van der Waals surface area (Å²) in [4.78, 5) is 18.9. The van der Waals surface area contributed by atoms with E-state index in [0.29, 0.717) is 19.4 Å². The summed E-state index contributed by atoms with van der Waals surface area (Å²) >= 11 is 3.37. The quantitative estimate of drug-likeness (QED) is 0.882. The van der Waals surface area contributed by atoms with Crippen LogP contribution in [0.4, 0.5) is 0 Å². The molecule has 4 nitrogen and oxygen atoms in total. The number of aryl methyl sites for hydroxylation is 1. The van der Waals surface area contributed by atoms with Gasteiger partial charge in [0.2, 0.25) is 0 Å². The normalized spacial score (nSPS) is 16.8. The van der Waals surface area contributed by atoms with Gasteiger partial charge in [-0.05, 0) is 51.2 Å². The molecule has 2 aromatic rings. The van der Waals surface area contributed by atoms with E-state index in [1.165, 1.54) is 9.75 Å². The van der Waals surface area contributed by atoms with E-state index in [9.17, 15) is 9.90 Å². The first kappa shape index (κ1) is 15.6. The van der Waals surface area contributed by atoms with Crippen LogP contribution in [0.2, 0.25) is 0 Å². The Bertz CT molecular complexity index is 657. The summed E-state index contributed by atoms with van der Waals surface area (Å²) in [7, 11) is 0. The summed E-state index contributed by atoms with van der Waals surface area (Å²) in [5, 5.41) is 16.2. The van der Waals surface area contributed by atoms with Crippen LogP contribution >= 0.6 is 22.7 Å². The molecule has 118 valence electrons. The minimum atomic E-state index is -1.13. The van der Waals surface area contributed by atoms with Crippen molar-refractivity contribution in [3.63, 3.8) is 0 Å². The van der Waals surface area contributed by atoms with Gasteiger partial charge in [-0.3, -0.25) is 4.79 Å². The Morgan fingerprint density at radius 1 is 1.41 bits per heavy atom. The van der Waals surface area contributed by atoms with Crippen molar-refractivity contribution >= 4 is 28.6 Å². The van der Waals surface area contributed by atoms with Gasteiger partial charge in [-0.1, -0.05) is 0 Å². The second kappa shape index (κ2) is 6.48. The predicted molar refractivity (Wildman–Crippen MR) is 90.3 cm³/mol. The molecule has 2 heterocycles. The molecule has 1 aliphatic rings. The molecule has 0 aromatic carbocycles. The molecule has 0 saturated heterocycles. The van der Waals surface area contributed by atoms with Crippen LogP contribution in [0.25, 0.3) is 10.6 Å². The zero-order chi connectivity index (χ0) is 15.6. The smallest absolute Gasteiger partial charge is 0.251 e. The number of aliphatic hydroxyl groups is 1. The summed E-state index contributed by atoms with van der Waals surface area (Å²) in [5.41, 5.74) is -0.0957. The van der Waals surface area contributed by atoms with Gasteiger partial charge in [0.25, 0.3) is 5.91 Å². The summed E-state index contributed by atoms with van der Waals surface area (Å²) in [6.07, 6.45) is 3.84. The van der Waals surface area contributed by atoms with E-state index in [1.807, 2.05) is 6.92 Å². The molecule has 1 amide bonds. The first-order valence-electron chi connectivity index (χ1n) is 7.59. The van der Waals surface area contributed by atoms with Crippen LogP contribution in [0.1, 0.15) is 35.6 Å². The largest absolute Gasteiger partial charge is 0.380 e. The SMILES string of the molecule is Cc1nc(-c2ccc(CCNC(=O)C3(O)CCCC3)s2)cs1. The lowest BCUT2D eigenvalue weighted by molar-refractivity contribution is -0.139. The van der Waals surface area contributed by atoms with Crippen LogP contribution in [-0.4, -0.2) is 28.1 Å². The van der Waals surface area contributed by atoms with Crippen LogP contribution in [0, 0.1) is 6.92 Å². The maximum absolute atomic E-state index is 12.0. The fraction of sp³-hybridized carbons (Fsp3) is 0.500. The van der Waals surface area contributed by atoms with Crippen molar-refractivity contribution < 1.29 is 9.90 Å². The Hall–Kier alpha value is -1.24. The molecule has 0 aliphatic heterocycles. The van der Waals surface area contributed by atoms with Gasteiger partial charge >= 0.3 is 0 Å². The Balaban J connectivity index is 1.52. The number of hydrogen-bond acceptors (Lipinski definition) is 5. The van der Waals surface area contributed by atoms with E-state index >= 15 is 0 Å². The van der Waals surface area contributed by atoms with Gasteiger partial charge in [0, 0.05) is 16.8 Å². The number of hydrogen-bond donors (Lipinski definition) is 2. The molecule has 22 heavy (non-hydrogen) atoms. The first-order valence-corrected chi connectivity index (χ1v) is 9.28. The Morgan fingerprint density at radius 2 is 2.18 bits per heavy atom. The molecule has 0 unspecified atom stereocenters. The highest BCUT2D eigenvalue weighted by molar-refractivity contribution is 7.16. The van der Waals surface area contributed by atoms with Gasteiger partial charge in [0.05, 0.1) is 15.6 Å². The lowest BCUT2D eigenvalue weighted by Crippen LogP contribution is -2.45. The van der Waals surface area contributed by atoms with Gasteiger partial charge in [0.1, 0.15) is 5.60 Å². The summed E-state index contributed by atoms with van der Waals surface area (Å²) < 4.78 is 0. The molecular weight excluding hydrogens is 316 g/mol. The lowest BCUT2D eigenvalue weighted by Gasteiger charge is -2.20. The zero-order valence-corrected chi connectivity index (χ0v) is 14.2. The molecule has 0 bridgehead atoms. The van der Waals surface area contributed by atoms with E-state index in [4.69, 9.17) is 0 Å². The van der Waals surface area contributed by atoms with Crippen molar-refractivity contribution in [2.75, 3.05) is 6.54 Å². The van der Waals surface area contributed by atoms with Crippen LogP contribution in [0.3, 0.4) is 0 Å². The van der Waals surface area contributed by atoms with E-state index in [2.05, 4.69) is 27.8 Å². The number of aromatic nitrogens is 1. The number of nitrogens with one attached hydrogen (secondary N) is 1. The average molecular weight is 336 g/mol. The third-order valence-electron chi connectivity index (χ3n) is 4.04. The summed E-state index contributed by atoms with van der Waals surface area (Å²) in [5.74, 6) is -0.211. The number of nitrogens with zero attached hydrogens (tertiary/aromatic N) is 1. The highest BCUT2D eigenvalue weighted by Crippen LogP contribution is 2.30. The molecule has 0 spiro atoms. The average Bonchev–Trinajstić information content (AvgIpc) is 3.20. The Labute approximate surface area is 138 Å². The van der Waals surface area contributed by atoms with E-state index in [0.717, 1.165) is 30.0 Å². The molecule has 0 atom stereocenters. The molecule has 1 fully saturated rings. The van der Waals surface area contributed by atoms with Gasteiger partial charge in [0.15, 0.2) is 0 Å². The molecule has 6 heteroatoms. The number of carbonyl (C=O) groups is 1. The van der Waals surface area contributed by atoms with Crippen molar-refractivity contribution in [3.8, 4) is 10.6 Å². The number of carbonyl (C=O) groups excluding carboxylic acids is 1. The second-order valence-corrected chi connectivity index (χ2v) is 7.99. The summed E-state index contributed by atoms with van der Waals surface area (Å²) in [6, 6.07) is 4.17. The molecule has 3 rings (SSSR count). The van der Waals surface area contributed by atoms with Crippen molar-refractivity contribution in [1.29, 1.82) is 0 Å². The van der Waals surface area contributed by atoms with Crippen LogP contribution in [0.5, 0.6) is 0 Å². The number of thiazole rings is 1. The number of amides is 1. The Morgan fingerprint density at radius 3 is 2.86 bits per heavy atom. The minimum absolute atomic E-state index is 0.211. The maximum atomic E-state index is 12.0. The molecule has 1 saturated carbocycles. The third-order valence-corrected chi connectivity index (χ3v) is 5.98. The predicted octanol–water partition coefficient (Wildman–Crippen LogP) is 3.14. The zero-order valence-electron chi connectivity index (χ0n) is 12.6. The van der Waals surface area contributed by atoms with Crippen LogP contribution in [-0.2, 0) is 11.2 Å². The van der Waals surface area contributed by atoms with Crippen molar-refractivity contribution in [1.82, 2.24) is 10.3 Å². The second-order valence-electron chi connectivity index (χ2n) is 5.76. The molecule has 0 radical (unpaired) electrons. The highest BCUT2D eigenvalue weighted by Gasteiger charge is 2.38. The fourth-order valence-electron chi connectivity index (χ4n) is 2.78. The first-order chi connectivity index (χ1) is 10.6. The van der Waals surface area contributed by atoms with Gasteiger partial charge in [-0.15, -0.1) is 22.7 Å². The third kappa shape index (κ3) is 3.39. The van der Waals surface area contributed by atoms with Gasteiger partial charge in [-0.2, -0.15) is 0 Å². The van der Waals surface area contributed by atoms with E-state index in [1.54, 1.807) is 22.7 Å². The van der Waals surface area contributed by atoms with Crippen molar-refractivity contribution in [3.05, 3.63) is 27.4 Å². The van der Waals surface area contributed by atoms with Crippen LogP contribution < -0.4 is 5.32 Å². The lowest BCUT2D eigenvalue weighted by atomic mass is 10.0. The minimum Gasteiger partial charge on any atom is -0.380 e. The highest BCUT2D eigenvalue weighted by atomic mass is 32.1. The standard InChI is InChI=1S/C16H20N2O2S2/c1-11-18-13(10-21-11)14-5-4-12(22-14)6-9-17-15(19)16(20)7-2-3-8-16/h4-5,10,20H,2-3,6-9H2,1H3,(H,17,19). The molecule has 2 aromatic heterocycles. The van der Waals surface area contributed by atoms with E-state index < -0.39 is 5.60 Å². The monoisotopic (exact) mass is 336 g/mol. The van der Waals surface area contributed by atoms with Crippen LogP contribution in [0.15, 0.2) is 17.5 Å². The summed E-state index contributed by atoms with van der Waals surface area (Å²) in [6.45, 7) is 2.57. The maximum Gasteiger partial charge on any atom is 0.251 e. The van der Waals surface area contributed by atoms with Gasteiger partial charge in [-0.25, -0.2) is 4.98 Å². The van der Waals surface area contributed by atoms with Gasteiger partial charge < -0.3 is 10.4 Å². The number of thiophene rings is 1. The molecule has 1 aliphatic carbocycles. The van der Waals surface area contributed by atoms with Crippen molar-refractivity contribution in [2.24, 2.45) is 0 Å². The van der Waals surface area contributed by atoms with E-state index in [-0.39, 0.29) is 5.91 Å². The molecule has 2 N–H and O–H groups in total. The molecular formula is C16H20N2O2S2. The number of rotatable bonds is 5. The Kier molecular flexibility index (Phi) is 4.61. The van der Waals surface area contributed by atoms with Crippen molar-refractivity contribution in [2.45, 2.75) is 44.6 Å². The topological polar surface area (TPSA) is 62.2 Å².